The van der Waals surface area contributed by atoms with Crippen LogP contribution in [0, 0.1) is 11.8 Å². The smallest absolute Gasteiger partial charge is 0.0459 e. The molecule has 0 aliphatic carbocycles. The maximum absolute atomic E-state index is 8.92. The van der Waals surface area contributed by atoms with E-state index in [4.69, 9.17) is 15.9 Å². The minimum atomic E-state index is 0.149. The molecule has 0 amide bonds. The van der Waals surface area contributed by atoms with Crippen molar-refractivity contribution < 1.29 is 10.2 Å². The topological polar surface area (TPSA) is 66.5 Å². The van der Waals surface area contributed by atoms with E-state index in [1.807, 2.05) is 13.8 Å². The van der Waals surface area contributed by atoms with Crippen LogP contribution in [-0.2, 0) is 0 Å². The summed E-state index contributed by atoms with van der Waals surface area (Å²) >= 11 is 0. The van der Waals surface area contributed by atoms with E-state index in [-0.39, 0.29) is 25.2 Å². The lowest BCUT2D eigenvalue weighted by atomic mass is 9.87. The van der Waals surface area contributed by atoms with E-state index in [0.717, 1.165) is 12.8 Å². The van der Waals surface area contributed by atoms with Crippen LogP contribution < -0.4 is 5.73 Å². The Kier molecular flexibility index (Phi) is 6.34. The molecule has 0 heterocycles. The van der Waals surface area contributed by atoms with Gasteiger partial charge < -0.3 is 15.9 Å². The molecule has 0 rings (SSSR count). The van der Waals surface area contributed by atoms with Gasteiger partial charge in [0, 0.05) is 19.3 Å². The second-order valence-electron chi connectivity index (χ2n) is 3.65. The van der Waals surface area contributed by atoms with Gasteiger partial charge in [-0.15, -0.1) is 0 Å². The third-order valence-electron chi connectivity index (χ3n) is 2.27. The number of aliphatic hydroxyl groups excluding tert-OH is 2. The van der Waals surface area contributed by atoms with Gasteiger partial charge in [-0.1, -0.05) is 6.92 Å². The molecule has 74 valence electrons. The average molecular weight is 175 g/mol. The summed E-state index contributed by atoms with van der Waals surface area (Å²) in [6, 6.07) is 0.149. The summed E-state index contributed by atoms with van der Waals surface area (Å²) in [4.78, 5) is 0. The van der Waals surface area contributed by atoms with Crippen molar-refractivity contribution in [3.05, 3.63) is 0 Å². The van der Waals surface area contributed by atoms with Crippen LogP contribution in [0.2, 0.25) is 0 Å². The van der Waals surface area contributed by atoms with Gasteiger partial charge in [0.25, 0.3) is 0 Å². The van der Waals surface area contributed by atoms with Crippen molar-refractivity contribution in [2.24, 2.45) is 17.6 Å². The van der Waals surface area contributed by atoms with Crippen LogP contribution in [0.5, 0.6) is 0 Å². The van der Waals surface area contributed by atoms with E-state index in [1.54, 1.807) is 0 Å². The minimum Gasteiger partial charge on any atom is -0.396 e. The van der Waals surface area contributed by atoms with Gasteiger partial charge in [0.05, 0.1) is 0 Å². The van der Waals surface area contributed by atoms with Crippen LogP contribution in [0.15, 0.2) is 0 Å². The molecule has 0 radical (unpaired) electrons. The zero-order valence-corrected chi connectivity index (χ0v) is 8.03. The first-order valence-corrected chi connectivity index (χ1v) is 4.59. The molecule has 0 aromatic carbocycles. The zero-order chi connectivity index (χ0) is 9.56. The minimum absolute atomic E-state index is 0.149. The van der Waals surface area contributed by atoms with Gasteiger partial charge in [0.1, 0.15) is 0 Å². The van der Waals surface area contributed by atoms with Crippen molar-refractivity contribution in [1.29, 1.82) is 0 Å². The summed E-state index contributed by atoms with van der Waals surface area (Å²) in [7, 11) is 0. The van der Waals surface area contributed by atoms with Crippen molar-refractivity contribution in [2.45, 2.75) is 32.7 Å². The maximum Gasteiger partial charge on any atom is 0.0459 e. The van der Waals surface area contributed by atoms with E-state index < -0.39 is 0 Å². The van der Waals surface area contributed by atoms with Gasteiger partial charge >= 0.3 is 0 Å². The highest BCUT2D eigenvalue weighted by atomic mass is 16.3. The Balaban J connectivity index is 3.84. The van der Waals surface area contributed by atoms with E-state index in [1.165, 1.54) is 0 Å². The Morgan fingerprint density at radius 3 is 2.17 bits per heavy atom. The standard InChI is InChI=1S/C9H21NO2/c1-7(6-12)9(3-4-11)5-8(2)10/h7-9,11-12H,3-6,10H2,1-2H3. The Morgan fingerprint density at radius 1 is 1.25 bits per heavy atom. The van der Waals surface area contributed by atoms with E-state index in [2.05, 4.69) is 0 Å². The van der Waals surface area contributed by atoms with Crippen molar-refractivity contribution in [3.63, 3.8) is 0 Å². The molecule has 3 nitrogen and oxygen atoms in total. The summed E-state index contributed by atoms with van der Waals surface area (Å²) < 4.78 is 0. The number of hydrogen-bond acceptors (Lipinski definition) is 3. The molecule has 4 N–H and O–H groups in total. The Morgan fingerprint density at radius 2 is 1.83 bits per heavy atom. The molecule has 0 bridgehead atoms. The zero-order valence-electron chi connectivity index (χ0n) is 8.03. The third-order valence-corrected chi connectivity index (χ3v) is 2.27. The van der Waals surface area contributed by atoms with Crippen LogP contribution in [0.3, 0.4) is 0 Å². The Bertz CT molecular complexity index is 107. The fraction of sp³-hybridized carbons (Fsp3) is 1.00. The molecular formula is C9H21NO2. The van der Waals surface area contributed by atoms with Crippen molar-refractivity contribution in [1.82, 2.24) is 0 Å². The fourth-order valence-electron chi connectivity index (χ4n) is 1.43. The van der Waals surface area contributed by atoms with Gasteiger partial charge in [0.15, 0.2) is 0 Å². The van der Waals surface area contributed by atoms with Crippen LogP contribution in [0.4, 0.5) is 0 Å². The predicted molar refractivity (Wildman–Crippen MR) is 49.7 cm³/mol. The summed E-state index contributed by atoms with van der Waals surface area (Å²) in [5.41, 5.74) is 5.65. The lowest BCUT2D eigenvalue weighted by molar-refractivity contribution is 0.150. The quantitative estimate of drug-likeness (QED) is 0.545. The summed E-state index contributed by atoms with van der Waals surface area (Å²) in [5, 5.41) is 17.7. The van der Waals surface area contributed by atoms with Crippen molar-refractivity contribution in [3.8, 4) is 0 Å². The van der Waals surface area contributed by atoms with Crippen molar-refractivity contribution >= 4 is 0 Å². The predicted octanol–water partition coefficient (Wildman–Crippen LogP) is 0.351. The molecule has 12 heavy (non-hydrogen) atoms. The molecule has 3 atom stereocenters. The highest BCUT2D eigenvalue weighted by molar-refractivity contribution is 4.69. The van der Waals surface area contributed by atoms with Gasteiger partial charge in [-0.25, -0.2) is 0 Å². The molecule has 0 saturated heterocycles. The molecule has 0 aliphatic rings. The Hall–Kier alpha value is -0.120. The molecule has 0 aliphatic heterocycles. The summed E-state index contributed by atoms with van der Waals surface area (Å²) in [6.07, 6.45) is 1.62. The maximum atomic E-state index is 8.92. The van der Waals surface area contributed by atoms with Crippen LogP contribution in [0.1, 0.15) is 26.7 Å². The van der Waals surface area contributed by atoms with E-state index >= 15 is 0 Å². The molecular weight excluding hydrogens is 154 g/mol. The van der Waals surface area contributed by atoms with E-state index in [0.29, 0.717) is 5.92 Å². The molecule has 0 fully saturated rings. The second kappa shape index (κ2) is 6.40. The summed E-state index contributed by atoms with van der Waals surface area (Å²) in [5.74, 6) is 0.586. The van der Waals surface area contributed by atoms with Crippen LogP contribution >= 0.6 is 0 Å². The van der Waals surface area contributed by atoms with Gasteiger partial charge in [0.2, 0.25) is 0 Å². The Labute approximate surface area is 74.6 Å². The summed E-state index contributed by atoms with van der Waals surface area (Å²) in [6.45, 7) is 4.30. The number of nitrogens with two attached hydrogens (primary N) is 1. The lowest BCUT2D eigenvalue weighted by Gasteiger charge is -2.23. The molecule has 0 spiro atoms. The van der Waals surface area contributed by atoms with Gasteiger partial charge in [-0.2, -0.15) is 0 Å². The highest BCUT2D eigenvalue weighted by Crippen LogP contribution is 2.19. The number of hydrogen-bond donors (Lipinski definition) is 3. The fourth-order valence-corrected chi connectivity index (χ4v) is 1.43. The molecule has 3 heteroatoms. The molecule has 0 aromatic rings. The average Bonchev–Trinajstić information content (AvgIpc) is 2.01. The second-order valence-corrected chi connectivity index (χ2v) is 3.65. The van der Waals surface area contributed by atoms with Crippen molar-refractivity contribution in [2.75, 3.05) is 13.2 Å². The SMILES string of the molecule is CC(N)CC(CCO)C(C)CO. The van der Waals surface area contributed by atoms with Gasteiger partial charge in [-0.05, 0) is 31.6 Å². The third kappa shape index (κ3) is 4.70. The first-order chi connectivity index (χ1) is 5.61. The lowest BCUT2D eigenvalue weighted by Crippen LogP contribution is -2.25. The first-order valence-electron chi connectivity index (χ1n) is 4.59. The normalized spacial score (nSPS) is 18.8. The van der Waals surface area contributed by atoms with Crippen LogP contribution in [0.25, 0.3) is 0 Å². The first kappa shape index (κ1) is 11.9. The number of rotatable bonds is 6. The van der Waals surface area contributed by atoms with E-state index in [9.17, 15) is 0 Å². The molecule has 0 aromatic heterocycles. The highest BCUT2D eigenvalue weighted by Gasteiger charge is 2.17. The van der Waals surface area contributed by atoms with Crippen LogP contribution in [-0.4, -0.2) is 29.5 Å². The largest absolute Gasteiger partial charge is 0.396 e. The number of aliphatic hydroxyl groups is 2. The molecule has 3 unspecified atom stereocenters. The molecule has 0 saturated carbocycles. The monoisotopic (exact) mass is 175 g/mol. The van der Waals surface area contributed by atoms with Gasteiger partial charge in [-0.3, -0.25) is 0 Å².